The van der Waals surface area contributed by atoms with Crippen LogP contribution in [-0.4, -0.2) is 21.7 Å². The number of hydrogen-bond donors (Lipinski definition) is 1. The van der Waals surface area contributed by atoms with E-state index < -0.39 is 16.6 Å². The van der Waals surface area contributed by atoms with E-state index >= 15 is 0 Å². The first-order chi connectivity index (χ1) is 13.7. The first kappa shape index (κ1) is 27.2. The highest BCUT2D eigenvalue weighted by atomic mass is 28.4. The van der Waals surface area contributed by atoms with Crippen molar-refractivity contribution < 1.29 is 14.0 Å². The molecule has 1 aromatic rings. The van der Waals surface area contributed by atoms with Crippen molar-refractivity contribution in [2.45, 2.75) is 123 Å². The molecule has 0 saturated heterocycles. The van der Waals surface area contributed by atoms with Crippen LogP contribution < -0.4 is 8.85 Å². The molecule has 0 unspecified atom stereocenters. The standard InChI is InChI=1S/C25H48O3Si2/c1-17(2)29(18(3)4,19(5)6)27-24-13-23(16-26)14-25(15-24)28-30(20(7)8,21(9)10)22(11)12/h13-15,17-22,26H,16H2,1-12H3. The predicted octanol–water partition coefficient (Wildman–Crippen LogP) is 8.29. The molecule has 0 saturated carbocycles. The molecule has 0 aliphatic rings. The summed E-state index contributed by atoms with van der Waals surface area (Å²) in [4.78, 5) is 0. The van der Waals surface area contributed by atoms with Crippen molar-refractivity contribution in [3.63, 3.8) is 0 Å². The van der Waals surface area contributed by atoms with E-state index in [0.717, 1.165) is 17.1 Å². The van der Waals surface area contributed by atoms with Crippen molar-refractivity contribution in [1.82, 2.24) is 0 Å². The Kier molecular flexibility index (Phi) is 9.71. The van der Waals surface area contributed by atoms with Crippen LogP contribution in [0.25, 0.3) is 0 Å². The molecule has 0 heterocycles. The van der Waals surface area contributed by atoms with Crippen LogP contribution in [0.5, 0.6) is 11.5 Å². The topological polar surface area (TPSA) is 38.7 Å². The van der Waals surface area contributed by atoms with Crippen LogP contribution >= 0.6 is 0 Å². The van der Waals surface area contributed by atoms with E-state index in [2.05, 4.69) is 89.2 Å². The van der Waals surface area contributed by atoms with Crippen molar-refractivity contribution in [3.8, 4) is 11.5 Å². The lowest BCUT2D eigenvalue weighted by molar-refractivity contribution is 0.281. The van der Waals surface area contributed by atoms with Crippen molar-refractivity contribution >= 4 is 16.6 Å². The second-order valence-electron chi connectivity index (χ2n) is 10.8. The SMILES string of the molecule is CC(C)[Si](Oc1cc(CO)cc(O[Si](C(C)C)(C(C)C)C(C)C)c1)(C(C)C)C(C)C. The zero-order valence-corrected chi connectivity index (χ0v) is 23.7. The molecular weight excluding hydrogens is 404 g/mol. The molecular formula is C25H48O3Si2. The van der Waals surface area contributed by atoms with Crippen LogP contribution in [-0.2, 0) is 6.61 Å². The van der Waals surface area contributed by atoms with Crippen LogP contribution in [0.3, 0.4) is 0 Å². The van der Waals surface area contributed by atoms with Gasteiger partial charge in [0.2, 0.25) is 0 Å². The summed E-state index contributed by atoms with van der Waals surface area (Å²) in [7, 11) is -4.15. The van der Waals surface area contributed by atoms with Gasteiger partial charge >= 0.3 is 0 Å². The lowest BCUT2D eigenvalue weighted by Gasteiger charge is -2.43. The highest BCUT2D eigenvalue weighted by Gasteiger charge is 2.48. The fourth-order valence-electron chi connectivity index (χ4n) is 5.96. The molecule has 0 aliphatic heterocycles. The van der Waals surface area contributed by atoms with Crippen LogP contribution in [0.2, 0.25) is 33.2 Å². The minimum atomic E-state index is -2.08. The van der Waals surface area contributed by atoms with Gasteiger partial charge in [0.1, 0.15) is 11.5 Å². The third kappa shape index (κ3) is 5.33. The monoisotopic (exact) mass is 452 g/mol. The van der Waals surface area contributed by atoms with Crippen LogP contribution in [0.15, 0.2) is 18.2 Å². The normalized spacial score (nSPS) is 13.4. The van der Waals surface area contributed by atoms with E-state index in [1.165, 1.54) is 0 Å². The maximum absolute atomic E-state index is 9.95. The van der Waals surface area contributed by atoms with Gasteiger partial charge in [0, 0.05) is 6.07 Å². The Morgan fingerprint density at radius 2 is 0.833 bits per heavy atom. The molecule has 0 spiro atoms. The number of hydrogen-bond acceptors (Lipinski definition) is 3. The van der Waals surface area contributed by atoms with Crippen LogP contribution in [0.1, 0.15) is 88.6 Å². The Morgan fingerprint density at radius 1 is 0.567 bits per heavy atom. The summed E-state index contributed by atoms with van der Waals surface area (Å²) in [6.45, 7) is 27.6. The molecule has 1 rings (SSSR count). The van der Waals surface area contributed by atoms with Crippen molar-refractivity contribution in [2.24, 2.45) is 0 Å². The fourth-order valence-corrected chi connectivity index (χ4v) is 16.4. The molecule has 0 atom stereocenters. The average Bonchev–Trinajstić information content (AvgIpc) is 2.61. The molecule has 3 nitrogen and oxygen atoms in total. The zero-order valence-electron chi connectivity index (χ0n) is 21.7. The van der Waals surface area contributed by atoms with Gasteiger partial charge in [-0.3, -0.25) is 0 Å². The Morgan fingerprint density at radius 3 is 1.03 bits per heavy atom. The molecule has 174 valence electrons. The maximum Gasteiger partial charge on any atom is 0.258 e. The lowest BCUT2D eigenvalue weighted by Crippen LogP contribution is -2.51. The van der Waals surface area contributed by atoms with E-state index in [1.54, 1.807) is 0 Å². The minimum Gasteiger partial charge on any atom is -0.543 e. The highest BCUT2D eigenvalue weighted by Crippen LogP contribution is 2.45. The smallest absolute Gasteiger partial charge is 0.258 e. The summed E-state index contributed by atoms with van der Waals surface area (Å²) in [6.07, 6.45) is 0. The molecule has 5 heteroatoms. The first-order valence-corrected chi connectivity index (χ1v) is 16.2. The Bertz CT molecular complexity index is 571. The van der Waals surface area contributed by atoms with Gasteiger partial charge < -0.3 is 14.0 Å². The molecule has 0 bridgehead atoms. The fraction of sp³-hybridized carbons (Fsp3) is 0.760. The average molecular weight is 453 g/mol. The molecule has 0 fully saturated rings. The molecule has 1 N–H and O–H groups in total. The summed E-state index contributed by atoms with van der Waals surface area (Å²) < 4.78 is 13.9. The largest absolute Gasteiger partial charge is 0.543 e. The summed E-state index contributed by atoms with van der Waals surface area (Å²) >= 11 is 0. The van der Waals surface area contributed by atoms with Gasteiger partial charge in [-0.25, -0.2) is 0 Å². The van der Waals surface area contributed by atoms with E-state index in [1.807, 2.05) is 12.1 Å². The lowest BCUT2D eigenvalue weighted by atomic mass is 10.2. The van der Waals surface area contributed by atoms with Gasteiger partial charge in [-0.2, -0.15) is 0 Å². The number of aliphatic hydroxyl groups excluding tert-OH is 1. The molecule has 0 amide bonds. The number of benzene rings is 1. The maximum atomic E-state index is 9.95. The molecule has 1 aromatic carbocycles. The van der Waals surface area contributed by atoms with E-state index in [4.69, 9.17) is 8.85 Å². The second-order valence-corrected chi connectivity index (χ2v) is 21.6. The van der Waals surface area contributed by atoms with Crippen LogP contribution in [0, 0.1) is 0 Å². The second kappa shape index (κ2) is 10.7. The van der Waals surface area contributed by atoms with Gasteiger partial charge in [-0.15, -0.1) is 0 Å². The van der Waals surface area contributed by atoms with Gasteiger partial charge in [0.15, 0.2) is 0 Å². The Hall–Kier alpha value is -0.786. The third-order valence-electron chi connectivity index (χ3n) is 7.13. The minimum absolute atomic E-state index is 0.00720. The van der Waals surface area contributed by atoms with Crippen molar-refractivity contribution in [3.05, 3.63) is 23.8 Å². The summed E-state index contributed by atoms with van der Waals surface area (Å²) in [5.41, 5.74) is 3.83. The van der Waals surface area contributed by atoms with Gasteiger partial charge in [-0.05, 0) is 50.9 Å². The van der Waals surface area contributed by atoms with E-state index in [-0.39, 0.29) is 6.61 Å². The predicted molar refractivity (Wildman–Crippen MR) is 136 cm³/mol. The van der Waals surface area contributed by atoms with Crippen molar-refractivity contribution in [1.29, 1.82) is 0 Å². The van der Waals surface area contributed by atoms with E-state index in [0.29, 0.717) is 33.2 Å². The first-order valence-electron chi connectivity index (χ1n) is 11.9. The molecule has 0 radical (unpaired) electrons. The summed E-state index contributed by atoms with van der Waals surface area (Å²) in [5, 5.41) is 9.95. The molecule has 30 heavy (non-hydrogen) atoms. The van der Waals surface area contributed by atoms with Gasteiger partial charge in [-0.1, -0.05) is 83.1 Å². The summed E-state index contributed by atoms with van der Waals surface area (Å²) in [5.74, 6) is 1.72. The molecule has 0 aromatic heterocycles. The quantitative estimate of drug-likeness (QED) is 0.343. The Balaban J connectivity index is 3.52. The third-order valence-corrected chi connectivity index (χ3v) is 19.1. The number of aliphatic hydroxyl groups is 1. The zero-order chi connectivity index (χ0) is 23.4. The van der Waals surface area contributed by atoms with Gasteiger partial charge in [0.25, 0.3) is 16.6 Å². The summed E-state index contributed by atoms with van der Waals surface area (Å²) in [6, 6.07) is 6.10. The van der Waals surface area contributed by atoms with Gasteiger partial charge in [0.05, 0.1) is 6.61 Å². The van der Waals surface area contributed by atoms with E-state index in [9.17, 15) is 5.11 Å². The Labute approximate surface area is 188 Å². The molecule has 0 aliphatic carbocycles. The van der Waals surface area contributed by atoms with Crippen molar-refractivity contribution in [2.75, 3.05) is 0 Å². The van der Waals surface area contributed by atoms with Crippen LogP contribution in [0.4, 0.5) is 0 Å². The highest BCUT2D eigenvalue weighted by molar-refractivity contribution is 6.78. The number of rotatable bonds is 11.